The standard InChI is InChI=1S/C17H18Cl2N2O5/c1-3-25-16(23)12-11(10-8(18)6-5-7-9(10)19)13(17(24)26-4-2)15(22)21-14(12)20/h5-7,11,13H,3-4,20H2,1-2H3,(H,21,22). The van der Waals surface area contributed by atoms with E-state index in [-0.39, 0.29) is 40.2 Å². The fourth-order valence-corrected chi connectivity index (χ4v) is 3.44. The normalized spacial score (nSPS) is 19.8. The molecule has 9 heteroatoms. The fraction of sp³-hybridized carbons (Fsp3) is 0.353. The van der Waals surface area contributed by atoms with Crippen LogP contribution in [0.2, 0.25) is 10.0 Å². The van der Waals surface area contributed by atoms with Crippen LogP contribution in [-0.2, 0) is 23.9 Å². The summed E-state index contributed by atoms with van der Waals surface area (Å²) in [6.45, 7) is 3.36. The molecule has 1 aromatic rings. The van der Waals surface area contributed by atoms with E-state index in [1.54, 1.807) is 19.9 Å². The molecule has 2 rings (SSSR count). The van der Waals surface area contributed by atoms with Crippen LogP contribution in [-0.4, -0.2) is 31.1 Å². The van der Waals surface area contributed by atoms with E-state index in [0.717, 1.165) is 0 Å². The van der Waals surface area contributed by atoms with Crippen LogP contribution in [0.1, 0.15) is 25.3 Å². The number of carbonyl (C=O) groups excluding carboxylic acids is 3. The van der Waals surface area contributed by atoms with Crippen molar-refractivity contribution in [1.82, 2.24) is 5.32 Å². The molecule has 0 saturated heterocycles. The maximum Gasteiger partial charge on any atom is 0.338 e. The highest BCUT2D eigenvalue weighted by molar-refractivity contribution is 6.36. The number of nitrogens with one attached hydrogen (secondary N) is 1. The van der Waals surface area contributed by atoms with Crippen molar-refractivity contribution in [2.45, 2.75) is 19.8 Å². The second kappa shape index (κ2) is 8.42. The number of nitrogens with two attached hydrogens (primary N) is 1. The molecule has 1 aliphatic rings. The van der Waals surface area contributed by atoms with E-state index in [0.29, 0.717) is 0 Å². The summed E-state index contributed by atoms with van der Waals surface area (Å²) in [6.07, 6.45) is 0. The summed E-state index contributed by atoms with van der Waals surface area (Å²) in [5, 5.41) is 2.69. The molecule has 2 unspecified atom stereocenters. The molecule has 2 atom stereocenters. The zero-order valence-corrected chi connectivity index (χ0v) is 15.7. The molecule has 140 valence electrons. The van der Waals surface area contributed by atoms with Gasteiger partial charge in [0.15, 0.2) is 0 Å². The Morgan fingerprint density at radius 2 is 1.73 bits per heavy atom. The molecule has 3 N–H and O–H groups in total. The number of hydrogen-bond donors (Lipinski definition) is 2. The average molecular weight is 401 g/mol. The minimum absolute atomic E-state index is 0.0551. The van der Waals surface area contributed by atoms with Gasteiger partial charge in [-0.2, -0.15) is 0 Å². The number of halogens is 2. The van der Waals surface area contributed by atoms with Crippen molar-refractivity contribution in [2.75, 3.05) is 13.2 Å². The van der Waals surface area contributed by atoms with Crippen LogP contribution in [0.5, 0.6) is 0 Å². The Labute approximate surface area is 160 Å². The number of esters is 2. The molecule has 0 aromatic heterocycles. The summed E-state index contributed by atoms with van der Waals surface area (Å²) < 4.78 is 10.0. The Morgan fingerprint density at radius 1 is 1.15 bits per heavy atom. The summed E-state index contributed by atoms with van der Waals surface area (Å²) in [7, 11) is 0. The van der Waals surface area contributed by atoms with Gasteiger partial charge in [-0.3, -0.25) is 9.59 Å². The van der Waals surface area contributed by atoms with Crippen molar-refractivity contribution in [3.63, 3.8) is 0 Å². The minimum Gasteiger partial charge on any atom is -0.465 e. The number of rotatable bonds is 5. The molecular formula is C17H18Cl2N2O5. The van der Waals surface area contributed by atoms with Crippen molar-refractivity contribution >= 4 is 41.0 Å². The summed E-state index contributed by atoms with van der Waals surface area (Å²) >= 11 is 12.5. The van der Waals surface area contributed by atoms with Crippen molar-refractivity contribution in [3.05, 3.63) is 45.2 Å². The third-order valence-electron chi connectivity index (χ3n) is 3.82. The van der Waals surface area contributed by atoms with Crippen LogP contribution in [0.25, 0.3) is 0 Å². The number of hydrogen-bond acceptors (Lipinski definition) is 6. The lowest BCUT2D eigenvalue weighted by Crippen LogP contribution is -2.48. The lowest BCUT2D eigenvalue weighted by molar-refractivity contribution is -0.153. The molecule has 26 heavy (non-hydrogen) atoms. The highest BCUT2D eigenvalue weighted by Gasteiger charge is 2.47. The second-order valence-corrected chi connectivity index (χ2v) is 6.19. The zero-order chi connectivity index (χ0) is 19.4. The number of amides is 1. The van der Waals surface area contributed by atoms with Gasteiger partial charge in [0.05, 0.1) is 18.8 Å². The SMILES string of the molecule is CCOC(=O)C1=C(N)NC(=O)C(C(=O)OCC)C1c1c(Cl)cccc1Cl. The smallest absolute Gasteiger partial charge is 0.338 e. The first kappa shape index (κ1) is 20.1. The molecule has 0 bridgehead atoms. The molecule has 0 spiro atoms. The largest absolute Gasteiger partial charge is 0.465 e. The van der Waals surface area contributed by atoms with Crippen LogP contribution >= 0.6 is 23.2 Å². The van der Waals surface area contributed by atoms with Crippen LogP contribution in [0.15, 0.2) is 29.6 Å². The van der Waals surface area contributed by atoms with Crippen LogP contribution in [0, 0.1) is 5.92 Å². The van der Waals surface area contributed by atoms with E-state index < -0.39 is 29.7 Å². The van der Waals surface area contributed by atoms with E-state index in [9.17, 15) is 14.4 Å². The molecular weight excluding hydrogens is 383 g/mol. The van der Waals surface area contributed by atoms with E-state index in [1.807, 2.05) is 0 Å². The zero-order valence-electron chi connectivity index (χ0n) is 14.2. The van der Waals surface area contributed by atoms with E-state index >= 15 is 0 Å². The van der Waals surface area contributed by atoms with Gasteiger partial charge in [0, 0.05) is 16.0 Å². The van der Waals surface area contributed by atoms with E-state index in [1.165, 1.54) is 12.1 Å². The van der Waals surface area contributed by atoms with Gasteiger partial charge in [-0.05, 0) is 31.5 Å². The van der Waals surface area contributed by atoms with E-state index in [2.05, 4.69) is 5.32 Å². The molecule has 1 aromatic carbocycles. The molecule has 0 aliphatic carbocycles. The Morgan fingerprint density at radius 3 is 2.27 bits per heavy atom. The lowest BCUT2D eigenvalue weighted by Gasteiger charge is -2.32. The number of benzene rings is 1. The van der Waals surface area contributed by atoms with Gasteiger partial charge >= 0.3 is 11.9 Å². The fourth-order valence-electron chi connectivity index (χ4n) is 2.80. The number of carbonyl (C=O) groups is 3. The maximum absolute atomic E-state index is 12.5. The molecule has 0 radical (unpaired) electrons. The lowest BCUT2D eigenvalue weighted by atomic mass is 9.77. The Kier molecular flexibility index (Phi) is 6.50. The van der Waals surface area contributed by atoms with Gasteiger partial charge in [-0.15, -0.1) is 0 Å². The van der Waals surface area contributed by atoms with Crippen LogP contribution < -0.4 is 11.1 Å². The predicted molar refractivity (Wildman–Crippen MR) is 95.3 cm³/mol. The van der Waals surface area contributed by atoms with Crippen molar-refractivity contribution in [2.24, 2.45) is 11.7 Å². The third kappa shape index (κ3) is 3.78. The molecule has 1 aliphatic heterocycles. The van der Waals surface area contributed by atoms with Gasteiger partial charge in [0.25, 0.3) is 0 Å². The quantitative estimate of drug-likeness (QED) is 0.578. The molecule has 0 fully saturated rings. The highest BCUT2D eigenvalue weighted by atomic mass is 35.5. The summed E-state index contributed by atoms with van der Waals surface area (Å²) in [4.78, 5) is 37.4. The first-order valence-electron chi connectivity index (χ1n) is 7.91. The second-order valence-electron chi connectivity index (χ2n) is 5.38. The molecule has 7 nitrogen and oxygen atoms in total. The maximum atomic E-state index is 12.5. The molecule has 0 saturated carbocycles. The van der Waals surface area contributed by atoms with Gasteiger partial charge in [-0.25, -0.2) is 4.79 Å². The van der Waals surface area contributed by atoms with Crippen molar-refractivity contribution in [3.8, 4) is 0 Å². The Balaban J connectivity index is 2.72. The predicted octanol–water partition coefficient (Wildman–Crippen LogP) is 2.12. The number of ether oxygens (including phenoxy) is 2. The van der Waals surface area contributed by atoms with Crippen molar-refractivity contribution < 1.29 is 23.9 Å². The van der Waals surface area contributed by atoms with Crippen molar-refractivity contribution in [1.29, 1.82) is 0 Å². The molecule has 1 heterocycles. The highest BCUT2D eigenvalue weighted by Crippen LogP contribution is 2.43. The first-order chi connectivity index (χ1) is 12.3. The van der Waals surface area contributed by atoms with Gasteiger partial charge in [0.1, 0.15) is 11.7 Å². The Hall–Kier alpha value is -2.25. The monoisotopic (exact) mass is 400 g/mol. The third-order valence-corrected chi connectivity index (χ3v) is 4.48. The summed E-state index contributed by atoms with van der Waals surface area (Å²) in [5.41, 5.74) is 6.01. The summed E-state index contributed by atoms with van der Waals surface area (Å²) in [6, 6.07) is 4.68. The van der Waals surface area contributed by atoms with Gasteiger partial charge in [0.2, 0.25) is 5.91 Å². The van der Waals surface area contributed by atoms with Gasteiger partial charge < -0.3 is 20.5 Å². The summed E-state index contributed by atoms with van der Waals surface area (Å²) in [5.74, 6) is -5.05. The van der Waals surface area contributed by atoms with Crippen LogP contribution in [0.4, 0.5) is 0 Å². The van der Waals surface area contributed by atoms with E-state index in [4.69, 9.17) is 38.4 Å². The molecule has 1 amide bonds. The van der Waals surface area contributed by atoms with Gasteiger partial charge in [-0.1, -0.05) is 29.3 Å². The van der Waals surface area contributed by atoms with Crippen LogP contribution in [0.3, 0.4) is 0 Å². The first-order valence-corrected chi connectivity index (χ1v) is 8.67. The average Bonchev–Trinajstić information content (AvgIpc) is 2.54. The topological polar surface area (TPSA) is 108 Å². The minimum atomic E-state index is -1.39. The Bertz CT molecular complexity index is 758.